The number of alkyl halides is 3. The van der Waals surface area contributed by atoms with Gasteiger partial charge in [0.05, 0.1) is 22.2 Å². The molecule has 0 saturated carbocycles. The van der Waals surface area contributed by atoms with Crippen molar-refractivity contribution in [3.8, 4) is 0 Å². The smallest absolute Gasteiger partial charge is 0.344 e. The van der Waals surface area contributed by atoms with E-state index in [9.17, 15) is 22.8 Å². The summed E-state index contributed by atoms with van der Waals surface area (Å²) in [4.78, 5) is 31.8. The number of nitrogens with one attached hydrogen (secondary N) is 1. The second kappa shape index (κ2) is 10.0. The molecular formula is C27H26F3N3O2S. The molecule has 5 rings (SSSR count). The van der Waals surface area contributed by atoms with Crippen molar-refractivity contribution in [1.82, 2.24) is 15.2 Å². The van der Waals surface area contributed by atoms with Crippen molar-refractivity contribution in [2.75, 3.05) is 13.1 Å². The molecule has 3 aromatic rings. The number of benzene rings is 2. The van der Waals surface area contributed by atoms with E-state index >= 15 is 0 Å². The molecule has 1 saturated heterocycles. The third kappa shape index (κ3) is 5.02. The predicted molar refractivity (Wildman–Crippen MR) is 131 cm³/mol. The van der Waals surface area contributed by atoms with Crippen LogP contribution in [0.4, 0.5) is 13.2 Å². The lowest BCUT2D eigenvalue weighted by Crippen LogP contribution is -2.38. The van der Waals surface area contributed by atoms with E-state index in [0.717, 1.165) is 35.9 Å². The van der Waals surface area contributed by atoms with Crippen LogP contribution >= 0.6 is 11.3 Å². The van der Waals surface area contributed by atoms with Gasteiger partial charge in [0.2, 0.25) is 0 Å². The van der Waals surface area contributed by atoms with E-state index in [2.05, 4.69) is 22.4 Å². The number of piperidine rings is 1. The average Bonchev–Trinajstić information content (AvgIpc) is 3.39. The van der Waals surface area contributed by atoms with Crippen molar-refractivity contribution in [3.63, 3.8) is 0 Å². The average molecular weight is 514 g/mol. The molecule has 36 heavy (non-hydrogen) atoms. The van der Waals surface area contributed by atoms with Crippen LogP contribution < -0.4 is 5.32 Å². The number of amides is 2. The van der Waals surface area contributed by atoms with Gasteiger partial charge in [-0.25, -0.2) is 4.98 Å². The van der Waals surface area contributed by atoms with Crippen LogP contribution in [0.15, 0.2) is 53.9 Å². The summed E-state index contributed by atoms with van der Waals surface area (Å²) in [5, 5.41) is 5.71. The number of carbonyl (C=O) groups is 2. The van der Waals surface area contributed by atoms with Crippen LogP contribution in [0.2, 0.25) is 0 Å². The summed E-state index contributed by atoms with van der Waals surface area (Å²) in [6, 6.07) is 13.1. The minimum absolute atomic E-state index is 0.0265. The summed E-state index contributed by atoms with van der Waals surface area (Å²) in [5.41, 5.74) is 1.59. The molecule has 1 unspecified atom stereocenters. The molecule has 0 bridgehead atoms. The van der Waals surface area contributed by atoms with Gasteiger partial charge in [-0.3, -0.25) is 9.59 Å². The second-order valence-corrected chi connectivity index (χ2v) is 10.2. The molecule has 5 nitrogen and oxygen atoms in total. The van der Waals surface area contributed by atoms with Gasteiger partial charge >= 0.3 is 6.18 Å². The Morgan fingerprint density at radius 3 is 2.50 bits per heavy atom. The number of hydrogen-bond donors (Lipinski definition) is 1. The Morgan fingerprint density at radius 2 is 1.72 bits per heavy atom. The van der Waals surface area contributed by atoms with Crippen molar-refractivity contribution >= 4 is 23.2 Å². The zero-order chi connectivity index (χ0) is 25.3. The third-order valence-electron chi connectivity index (χ3n) is 7.02. The molecule has 2 heterocycles. The Labute approximate surface area is 211 Å². The van der Waals surface area contributed by atoms with Crippen molar-refractivity contribution < 1.29 is 22.8 Å². The summed E-state index contributed by atoms with van der Waals surface area (Å²) in [7, 11) is 0. The van der Waals surface area contributed by atoms with Crippen LogP contribution in [0, 0.1) is 0 Å². The number of aryl methyl sites for hydroxylation is 1. The number of fused-ring (bicyclic) bond motifs is 1. The second-order valence-electron chi connectivity index (χ2n) is 9.30. The fourth-order valence-corrected chi connectivity index (χ4v) is 6.10. The van der Waals surface area contributed by atoms with Crippen LogP contribution in [-0.2, 0) is 12.6 Å². The summed E-state index contributed by atoms with van der Waals surface area (Å²) in [6.45, 7) is 0.686. The van der Waals surface area contributed by atoms with Gasteiger partial charge in [-0.15, -0.1) is 11.3 Å². The van der Waals surface area contributed by atoms with Gasteiger partial charge < -0.3 is 10.2 Å². The summed E-state index contributed by atoms with van der Waals surface area (Å²) in [5.74, 6) is -0.738. The SMILES string of the molecule is O=C(NC1CCCc2ccccc21)c1csc(C2CCN(C(=O)c3ccccc3C(F)(F)F)CC2)n1. The zero-order valence-electron chi connectivity index (χ0n) is 19.6. The summed E-state index contributed by atoms with van der Waals surface area (Å²) < 4.78 is 40.0. The van der Waals surface area contributed by atoms with Gasteiger partial charge in [0, 0.05) is 24.4 Å². The van der Waals surface area contributed by atoms with Crippen LogP contribution in [-0.4, -0.2) is 34.8 Å². The molecule has 0 radical (unpaired) electrons. The summed E-state index contributed by atoms with van der Waals surface area (Å²) >= 11 is 1.42. The van der Waals surface area contributed by atoms with Crippen LogP contribution in [0.5, 0.6) is 0 Å². The van der Waals surface area contributed by atoms with E-state index in [4.69, 9.17) is 0 Å². The predicted octanol–water partition coefficient (Wildman–Crippen LogP) is 5.99. The maximum atomic E-state index is 13.3. The number of hydrogen-bond acceptors (Lipinski definition) is 4. The van der Waals surface area contributed by atoms with Gasteiger partial charge in [0.1, 0.15) is 5.69 Å². The molecule has 2 amide bonds. The minimum atomic E-state index is -4.58. The van der Waals surface area contributed by atoms with E-state index in [1.807, 2.05) is 12.1 Å². The fourth-order valence-electron chi connectivity index (χ4n) is 5.13. The highest BCUT2D eigenvalue weighted by molar-refractivity contribution is 7.09. The maximum Gasteiger partial charge on any atom is 0.417 e. The Bertz CT molecular complexity index is 1260. The molecule has 1 fully saturated rings. The number of aromatic nitrogens is 1. The molecule has 1 atom stereocenters. The first-order valence-electron chi connectivity index (χ1n) is 12.1. The van der Waals surface area contributed by atoms with Crippen LogP contribution in [0.1, 0.15) is 80.2 Å². The Kier molecular flexibility index (Phi) is 6.83. The minimum Gasteiger partial charge on any atom is -0.344 e. The Hall–Kier alpha value is -3.20. The largest absolute Gasteiger partial charge is 0.417 e. The van der Waals surface area contributed by atoms with Crippen molar-refractivity contribution in [2.45, 2.75) is 50.2 Å². The molecule has 2 aliphatic rings. The molecule has 1 N–H and O–H groups in total. The first kappa shape index (κ1) is 24.5. The maximum absolute atomic E-state index is 13.3. The monoisotopic (exact) mass is 513 g/mol. The topological polar surface area (TPSA) is 62.3 Å². The van der Waals surface area contributed by atoms with Crippen molar-refractivity contribution in [3.05, 3.63) is 86.9 Å². The van der Waals surface area contributed by atoms with Gasteiger partial charge in [0.15, 0.2) is 0 Å². The molecule has 1 aromatic heterocycles. The Morgan fingerprint density at radius 1 is 1.00 bits per heavy atom. The van der Waals surface area contributed by atoms with Crippen LogP contribution in [0.25, 0.3) is 0 Å². The molecule has 9 heteroatoms. The number of thiazole rings is 1. The number of halogens is 3. The fraction of sp³-hybridized carbons (Fsp3) is 0.370. The van der Waals surface area contributed by atoms with Gasteiger partial charge in [-0.2, -0.15) is 13.2 Å². The molecular weight excluding hydrogens is 487 g/mol. The number of nitrogens with zero attached hydrogens (tertiary/aromatic N) is 2. The lowest BCUT2D eigenvalue weighted by atomic mass is 9.88. The van der Waals surface area contributed by atoms with Crippen molar-refractivity contribution in [2.24, 2.45) is 0 Å². The molecule has 0 spiro atoms. The lowest BCUT2D eigenvalue weighted by Gasteiger charge is -2.31. The van der Waals surface area contributed by atoms with E-state index in [1.54, 1.807) is 5.38 Å². The van der Waals surface area contributed by atoms with E-state index in [-0.39, 0.29) is 23.4 Å². The van der Waals surface area contributed by atoms with Gasteiger partial charge in [-0.1, -0.05) is 36.4 Å². The molecule has 188 valence electrons. The number of likely N-dealkylation sites (tertiary alicyclic amines) is 1. The lowest BCUT2D eigenvalue weighted by molar-refractivity contribution is -0.138. The number of carbonyl (C=O) groups excluding carboxylic acids is 2. The molecule has 1 aliphatic heterocycles. The van der Waals surface area contributed by atoms with Gasteiger partial charge in [-0.05, 0) is 55.4 Å². The normalized spacial score (nSPS) is 18.5. The highest BCUT2D eigenvalue weighted by Gasteiger charge is 2.37. The van der Waals surface area contributed by atoms with Crippen molar-refractivity contribution in [1.29, 1.82) is 0 Å². The quantitative estimate of drug-likeness (QED) is 0.466. The molecule has 1 aliphatic carbocycles. The standard InChI is InChI=1S/C27H26F3N3O2S/c28-27(29,30)21-10-4-3-9-20(21)26(35)33-14-12-18(13-15-33)25-32-23(16-36-25)24(34)31-22-11-5-7-17-6-1-2-8-19(17)22/h1-4,6,8-10,16,18,22H,5,7,11-15H2,(H,31,34). The third-order valence-corrected chi connectivity index (χ3v) is 8.03. The highest BCUT2D eigenvalue weighted by atomic mass is 32.1. The highest BCUT2D eigenvalue weighted by Crippen LogP contribution is 2.35. The van der Waals surface area contributed by atoms with Gasteiger partial charge in [0.25, 0.3) is 11.8 Å². The van der Waals surface area contributed by atoms with Crippen LogP contribution in [0.3, 0.4) is 0 Å². The Balaban J connectivity index is 1.21. The number of rotatable bonds is 4. The molecule has 2 aromatic carbocycles. The first-order chi connectivity index (χ1) is 17.3. The van der Waals surface area contributed by atoms with E-state index < -0.39 is 17.6 Å². The van der Waals surface area contributed by atoms with E-state index in [0.29, 0.717) is 31.6 Å². The zero-order valence-corrected chi connectivity index (χ0v) is 20.4. The summed E-state index contributed by atoms with van der Waals surface area (Å²) in [6.07, 6.45) is -0.470. The van der Waals surface area contributed by atoms with E-state index in [1.165, 1.54) is 40.0 Å². The first-order valence-corrected chi connectivity index (χ1v) is 13.0.